The summed E-state index contributed by atoms with van der Waals surface area (Å²) in [5.41, 5.74) is 2.11. The van der Waals surface area contributed by atoms with Crippen LogP contribution in [0.25, 0.3) is 0 Å². The van der Waals surface area contributed by atoms with Gasteiger partial charge in [0.05, 0.1) is 0 Å². The topological polar surface area (TPSA) is 30.5 Å². The van der Waals surface area contributed by atoms with Gasteiger partial charge < -0.3 is 14.8 Å². The van der Waals surface area contributed by atoms with Crippen LogP contribution in [0, 0.1) is 10.8 Å². The first kappa shape index (κ1) is 14.7. The van der Waals surface area contributed by atoms with E-state index < -0.39 is 0 Å². The van der Waals surface area contributed by atoms with Crippen LogP contribution in [0.3, 0.4) is 0 Å². The van der Waals surface area contributed by atoms with E-state index in [0.29, 0.717) is 23.7 Å². The number of ether oxygens (including phenoxy) is 2. The largest absolute Gasteiger partial charge is 0.454 e. The molecule has 1 fully saturated rings. The Hall–Kier alpha value is -1.22. The Kier molecular flexibility index (Phi) is 3.64. The van der Waals surface area contributed by atoms with Crippen molar-refractivity contribution in [3.63, 3.8) is 0 Å². The molecule has 0 unspecified atom stereocenters. The molecule has 1 heterocycles. The van der Waals surface area contributed by atoms with Gasteiger partial charge in [0.1, 0.15) is 0 Å². The first-order valence-electron chi connectivity index (χ1n) is 7.95. The molecular weight excluding hydrogens is 262 g/mol. The fraction of sp³-hybridized carbons (Fsp3) is 0.667. The molecule has 1 N–H and O–H groups in total. The zero-order valence-electron chi connectivity index (χ0n) is 13.7. The van der Waals surface area contributed by atoms with Gasteiger partial charge in [-0.25, -0.2) is 0 Å². The molecule has 1 aromatic rings. The Morgan fingerprint density at radius 1 is 1.05 bits per heavy atom. The van der Waals surface area contributed by atoms with Crippen molar-refractivity contribution < 1.29 is 9.47 Å². The van der Waals surface area contributed by atoms with Crippen molar-refractivity contribution in [2.24, 2.45) is 10.8 Å². The van der Waals surface area contributed by atoms with Gasteiger partial charge in [-0.05, 0) is 47.8 Å². The number of fused-ring (bicyclic) bond motifs is 1. The lowest BCUT2D eigenvalue weighted by Crippen LogP contribution is -2.43. The smallest absolute Gasteiger partial charge is 0.231 e. The molecule has 0 saturated heterocycles. The van der Waals surface area contributed by atoms with Gasteiger partial charge in [0.25, 0.3) is 0 Å². The van der Waals surface area contributed by atoms with Crippen molar-refractivity contribution in [2.75, 3.05) is 6.79 Å². The van der Waals surface area contributed by atoms with Gasteiger partial charge in [-0.15, -0.1) is 0 Å². The van der Waals surface area contributed by atoms with E-state index in [1.165, 1.54) is 24.8 Å². The average molecular weight is 289 g/mol. The summed E-state index contributed by atoms with van der Waals surface area (Å²) in [6.45, 7) is 10.8. The molecule has 0 aromatic heterocycles. The highest BCUT2D eigenvalue weighted by atomic mass is 16.7. The third-order valence-electron chi connectivity index (χ3n) is 4.59. The molecule has 1 aromatic carbocycles. The molecule has 21 heavy (non-hydrogen) atoms. The van der Waals surface area contributed by atoms with Crippen LogP contribution >= 0.6 is 0 Å². The summed E-state index contributed by atoms with van der Waals surface area (Å²) in [4.78, 5) is 0. The van der Waals surface area contributed by atoms with Crippen LogP contribution in [0.5, 0.6) is 11.5 Å². The third kappa shape index (κ3) is 3.52. The summed E-state index contributed by atoms with van der Waals surface area (Å²) >= 11 is 0. The molecule has 3 heteroatoms. The zero-order valence-corrected chi connectivity index (χ0v) is 13.7. The Bertz CT molecular complexity index is 506. The van der Waals surface area contributed by atoms with Gasteiger partial charge in [-0.1, -0.05) is 33.8 Å². The van der Waals surface area contributed by atoms with Crippen molar-refractivity contribution in [3.05, 3.63) is 23.8 Å². The van der Waals surface area contributed by atoms with Gasteiger partial charge in [0, 0.05) is 12.6 Å². The number of nitrogens with one attached hydrogen (secondary N) is 1. The Morgan fingerprint density at radius 3 is 2.43 bits per heavy atom. The highest BCUT2D eigenvalue weighted by molar-refractivity contribution is 5.44. The maximum atomic E-state index is 5.45. The second-order valence-electron chi connectivity index (χ2n) is 8.18. The highest BCUT2D eigenvalue weighted by Gasteiger charge is 2.38. The summed E-state index contributed by atoms with van der Waals surface area (Å²) in [5.74, 6) is 1.73. The summed E-state index contributed by atoms with van der Waals surface area (Å²) in [5, 5.41) is 3.74. The lowest BCUT2D eigenvalue weighted by Gasteiger charge is -2.45. The standard InChI is InChI=1S/C18H27NO2/c1-17(2)8-14(9-18(3,4)11-17)19-10-13-5-6-15-16(7-13)21-12-20-15/h5-7,14,19H,8-12H2,1-4H3. The van der Waals surface area contributed by atoms with Crippen molar-refractivity contribution >= 4 is 0 Å². The van der Waals surface area contributed by atoms with Gasteiger partial charge in [0.2, 0.25) is 6.79 Å². The molecule has 0 atom stereocenters. The van der Waals surface area contributed by atoms with Crippen LogP contribution < -0.4 is 14.8 Å². The fourth-order valence-electron chi connectivity index (χ4n) is 4.30. The molecular formula is C18H27NO2. The molecule has 1 aliphatic heterocycles. The highest BCUT2D eigenvalue weighted by Crippen LogP contribution is 2.45. The predicted molar refractivity (Wildman–Crippen MR) is 84.6 cm³/mol. The van der Waals surface area contributed by atoms with Gasteiger partial charge in [-0.2, -0.15) is 0 Å². The maximum Gasteiger partial charge on any atom is 0.231 e. The molecule has 1 aliphatic carbocycles. The van der Waals surface area contributed by atoms with E-state index in [1.807, 2.05) is 6.07 Å². The lowest BCUT2D eigenvalue weighted by atomic mass is 9.63. The van der Waals surface area contributed by atoms with Crippen LogP contribution in [0.2, 0.25) is 0 Å². The molecule has 0 amide bonds. The minimum Gasteiger partial charge on any atom is -0.454 e. The molecule has 2 aliphatic rings. The van der Waals surface area contributed by atoms with E-state index in [1.54, 1.807) is 0 Å². The summed E-state index contributed by atoms with van der Waals surface area (Å²) < 4.78 is 10.8. The maximum absolute atomic E-state index is 5.45. The lowest BCUT2D eigenvalue weighted by molar-refractivity contribution is 0.0845. The van der Waals surface area contributed by atoms with Gasteiger partial charge >= 0.3 is 0 Å². The van der Waals surface area contributed by atoms with Crippen molar-refractivity contribution in [2.45, 2.75) is 59.5 Å². The van der Waals surface area contributed by atoms with Gasteiger partial charge in [0.15, 0.2) is 11.5 Å². The zero-order chi connectivity index (χ0) is 15.1. The van der Waals surface area contributed by atoms with Crippen LogP contribution in [0.1, 0.15) is 52.5 Å². The van der Waals surface area contributed by atoms with Crippen molar-refractivity contribution in [1.29, 1.82) is 0 Å². The third-order valence-corrected chi connectivity index (χ3v) is 4.59. The van der Waals surface area contributed by atoms with E-state index in [-0.39, 0.29) is 0 Å². The molecule has 0 spiro atoms. The molecule has 116 valence electrons. The molecule has 0 radical (unpaired) electrons. The monoisotopic (exact) mass is 289 g/mol. The number of rotatable bonds is 3. The van der Waals surface area contributed by atoms with E-state index in [4.69, 9.17) is 9.47 Å². The average Bonchev–Trinajstić information content (AvgIpc) is 2.79. The first-order valence-corrected chi connectivity index (χ1v) is 7.95. The fourth-order valence-corrected chi connectivity index (χ4v) is 4.30. The predicted octanol–water partition coefficient (Wildman–Crippen LogP) is 4.11. The molecule has 3 rings (SSSR count). The van der Waals surface area contributed by atoms with Crippen LogP contribution in [0.15, 0.2) is 18.2 Å². The summed E-state index contributed by atoms with van der Waals surface area (Å²) in [6, 6.07) is 6.82. The molecule has 3 nitrogen and oxygen atoms in total. The van der Waals surface area contributed by atoms with Gasteiger partial charge in [-0.3, -0.25) is 0 Å². The van der Waals surface area contributed by atoms with E-state index in [0.717, 1.165) is 18.0 Å². The molecule has 1 saturated carbocycles. The van der Waals surface area contributed by atoms with Crippen LogP contribution in [-0.4, -0.2) is 12.8 Å². The van der Waals surface area contributed by atoms with Crippen LogP contribution in [-0.2, 0) is 6.54 Å². The van der Waals surface area contributed by atoms with Crippen molar-refractivity contribution in [1.82, 2.24) is 5.32 Å². The molecule has 0 bridgehead atoms. The second-order valence-corrected chi connectivity index (χ2v) is 8.18. The summed E-state index contributed by atoms with van der Waals surface area (Å²) in [7, 11) is 0. The van der Waals surface area contributed by atoms with E-state index in [9.17, 15) is 0 Å². The Morgan fingerprint density at radius 2 is 1.71 bits per heavy atom. The number of hydrogen-bond donors (Lipinski definition) is 1. The normalized spacial score (nSPS) is 23.2. The number of hydrogen-bond acceptors (Lipinski definition) is 3. The summed E-state index contributed by atoms with van der Waals surface area (Å²) in [6.07, 6.45) is 3.81. The van der Waals surface area contributed by atoms with E-state index >= 15 is 0 Å². The van der Waals surface area contributed by atoms with Crippen LogP contribution in [0.4, 0.5) is 0 Å². The SMILES string of the molecule is CC1(C)CC(NCc2ccc3c(c2)OCO3)CC(C)(C)C1. The van der Waals surface area contributed by atoms with E-state index in [2.05, 4.69) is 45.1 Å². The Balaban J connectivity index is 1.62. The Labute approximate surface area is 128 Å². The first-order chi connectivity index (χ1) is 9.83. The number of benzene rings is 1. The second kappa shape index (κ2) is 5.20. The minimum absolute atomic E-state index is 0.344. The minimum atomic E-state index is 0.344. The quantitative estimate of drug-likeness (QED) is 0.908. The van der Waals surface area contributed by atoms with Crippen molar-refractivity contribution in [3.8, 4) is 11.5 Å².